The Morgan fingerprint density at radius 2 is 1.96 bits per heavy atom. The van der Waals surface area contributed by atoms with Crippen LogP contribution in [0.5, 0.6) is 11.5 Å². The second-order valence-electron chi connectivity index (χ2n) is 7.51. The molecule has 2 aliphatic carbocycles. The molecule has 2 heterocycles. The van der Waals surface area contributed by atoms with Crippen LogP contribution >= 0.6 is 0 Å². The Balaban J connectivity index is 1.75. The van der Waals surface area contributed by atoms with Crippen molar-refractivity contribution in [3.63, 3.8) is 0 Å². The maximum Gasteiger partial charge on any atom is 0.227 e. The first-order valence-corrected chi connectivity index (χ1v) is 8.74. The van der Waals surface area contributed by atoms with E-state index in [2.05, 4.69) is 11.0 Å². The Hall–Kier alpha value is -1.60. The molecule has 1 saturated heterocycles. The van der Waals surface area contributed by atoms with Gasteiger partial charge in [-0.2, -0.15) is 0 Å². The second kappa shape index (κ2) is 4.98. The molecule has 4 atom stereocenters. The Bertz CT molecular complexity index is 754. The summed E-state index contributed by atoms with van der Waals surface area (Å²) in [5.74, 6) is 0.212. The summed E-state index contributed by atoms with van der Waals surface area (Å²) in [4.78, 5) is 2.08. The molecule has 6 nitrogen and oxygen atoms in total. The molecule has 2 aliphatic heterocycles. The molecule has 4 aliphatic rings. The third kappa shape index (κ3) is 1.83. The van der Waals surface area contributed by atoms with Gasteiger partial charge in [0.2, 0.25) is 5.79 Å². The van der Waals surface area contributed by atoms with E-state index in [-0.39, 0.29) is 12.0 Å². The molecule has 0 amide bonds. The van der Waals surface area contributed by atoms with E-state index in [1.54, 1.807) is 7.11 Å². The van der Waals surface area contributed by atoms with Crippen LogP contribution in [0, 0.1) is 0 Å². The highest BCUT2D eigenvalue weighted by Gasteiger charge is 2.65. The number of methoxy groups -OCH3 is 1. The average Bonchev–Trinajstić information content (AvgIpc) is 3.22. The number of ether oxygens (including phenoxy) is 4. The van der Waals surface area contributed by atoms with Crippen molar-refractivity contribution >= 4 is 0 Å². The molecule has 134 valence electrons. The molecule has 0 bridgehead atoms. The quantitative estimate of drug-likeness (QED) is 0.809. The van der Waals surface area contributed by atoms with Crippen LogP contribution in [-0.4, -0.2) is 68.0 Å². The van der Waals surface area contributed by atoms with E-state index in [1.807, 2.05) is 32.3 Å². The number of nitrogens with zero attached hydrogens (tertiary/aromatic N) is 1. The molecule has 0 radical (unpaired) electrons. The van der Waals surface area contributed by atoms with Crippen molar-refractivity contribution in [2.24, 2.45) is 0 Å². The van der Waals surface area contributed by atoms with Gasteiger partial charge in [-0.25, -0.2) is 0 Å². The fourth-order valence-electron chi connectivity index (χ4n) is 5.00. The van der Waals surface area contributed by atoms with E-state index in [9.17, 15) is 5.11 Å². The van der Waals surface area contributed by atoms with Gasteiger partial charge in [0, 0.05) is 11.6 Å². The Morgan fingerprint density at radius 1 is 1.20 bits per heavy atom. The fraction of sp³-hybridized carbons (Fsp3) is 0.579. The third-order valence-corrected chi connectivity index (χ3v) is 6.12. The van der Waals surface area contributed by atoms with Gasteiger partial charge in [-0.15, -0.1) is 0 Å². The number of aliphatic hydroxyl groups is 1. The molecule has 4 unspecified atom stereocenters. The van der Waals surface area contributed by atoms with E-state index in [1.165, 1.54) is 5.56 Å². The first-order chi connectivity index (χ1) is 12.0. The minimum atomic E-state index is -1.04. The molecule has 1 aromatic rings. The number of likely N-dealkylation sites (N-methyl/N-ethyl adjacent to an activating group) is 1. The molecule has 1 aromatic carbocycles. The Kier molecular flexibility index (Phi) is 3.11. The fourth-order valence-corrected chi connectivity index (χ4v) is 5.00. The van der Waals surface area contributed by atoms with Gasteiger partial charge in [0.15, 0.2) is 17.6 Å². The van der Waals surface area contributed by atoms with Crippen molar-refractivity contribution < 1.29 is 24.1 Å². The van der Waals surface area contributed by atoms with E-state index in [0.717, 1.165) is 12.0 Å². The van der Waals surface area contributed by atoms with E-state index < -0.39 is 17.5 Å². The zero-order chi connectivity index (χ0) is 17.4. The van der Waals surface area contributed by atoms with Crippen molar-refractivity contribution in [1.29, 1.82) is 0 Å². The first-order valence-electron chi connectivity index (χ1n) is 8.74. The van der Waals surface area contributed by atoms with Crippen LogP contribution in [0.25, 0.3) is 0 Å². The van der Waals surface area contributed by atoms with E-state index >= 15 is 0 Å². The molecule has 0 saturated carbocycles. The monoisotopic (exact) mass is 345 g/mol. The average molecular weight is 345 g/mol. The van der Waals surface area contributed by atoms with Gasteiger partial charge in [0.25, 0.3) is 0 Å². The molecular weight excluding hydrogens is 322 g/mol. The molecule has 0 aromatic heterocycles. The summed E-state index contributed by atoms with van der Waals surface area (Å²) >= 11 is 0. The van der Waals surface area contributed by atoms with Gasteiger partial charge >= 0.3 is 0 Å². The largest absolute Gasteiger partial charge is 0.493 e. The predicted octanol–water partition coefficient (Wildman–Crippen LogP) is 1.07. The number of fused-ring (bicyclic) bond motifs is 1. The van der Waals surface area contributed by atoms with Crippen molar-refractivity contribution in [2.75, 3.05) is 34.4 Å². The molecule has 1 fully saturated rings. The van der Waals surface area contributed by atoms with Crippen LogP contribution in [0.4, 0.5) is 0 Å². The molecule has 5 rings (SSSR count). The highest BCUT2D eigenvalue weighted by Crippen LogP contribution is 2.60. The van der Waals surface area contributed by atoms with Crippen LogP contribution in [0.2, 0.25) is 0 Å². The molecule has 6 heteroatoms. The minimum Gasteiger partial charge on any atom is -0.493 e. The van der Waals surface area contributed by atoms with Crippen LogP contribution in [-0.2, 0) is 15.9 Å². The third-order valence-electron chi connectivity index (χ3n) is 6.12. The second-order valence-corrected chi connectivity index (χ2v) is 7.51. The Morgan fingerprint density at radius 3 is 2.64 bits per heavy atom. The summed E-state index contributed by atoms with van der Waals surface area (Å²) in [7, 11) is 5.64. The maximum atomic E-state index is 11.7. The highest BCUT2D eigenvalue weighted by atomic mass is 16.8. The predicted molar refractivity (Wildman–Crippen MR) is 90.1 cm³/mol. The summed E-state index contributed by atoms with van der Waals surface area (Å²) in [6.45, 7) is 1.04. The van der Waals surface area contributed by atoms with Crippen LogP contribution in [0.15, 0.2) is 24.3 Å². The summed E-state index contributed by atoms with van der Waals surface area (Å²) in [6.07, 6.45) is 4.03. The van der Waals surface area contributed by atoms with Gasteiger partial charge in [0.05, 0.1) is 26.2 Å². The zero-order valence-electron chi connectivity index (χ0n) is 14.7. The lowest BCUT2D eigenvalue weighted by atomic mass is 9.63. The lowest BCUT2D eigenvalue weighted by molar-refractivity contribution is -0.202. The lowest BCUT2D eigenvalue weighted by Gasteiger charge is -2.51. The smallest absolute Gasteiger partial charge is 0.227 e. The normalized spacial score (nSPS) is 36.6. The maximum absolute atomic E-state index is 11.7. The van der Waals surface area contributed by atoms with Gasteiger partial charge in [-0.05, 0) is 44.3 Å². The van der Waals surface area contributed by atoms with Crippen LogP contribution in [0.1, 0.15) is 17.0 Å². The lowest BCUT2D eigenvalue weighted by Crippen LogP contribution is -2.64. The van der Waals surface area contributed by atoms with Crippen LogP contribution < -0.4 is 9.47 Å². The molecule has 1 N–H and O–H groups in total. The SMILES string of the molecule is COc1ccc2c3c1OC1C3C(O)(C=CC13OCCO3)C(N(C)C)C2. The van der Waals surface area contributed by atoms with Crippen molar-refractivity contribution in [1.82, 2.24) is 4.90 Å². The number of benzene rings is 1. The number of hydrogen-bond acceptors (Lipinski definition) is 6. The molecule has 1 spiro atoms. The minimum absolute atomic E-state index is 0.0505. The summed E-state index contributed by atoms with van der Waals surface area (Å²) < 4.78 is 23.8. The molecule has 25 heavy (non-hydrogen) atoms. The topological polar surface area (TPSA) is 60.4 Å². The van der Waals surface area contributed by atoms with E-state index in [4.69, 9.17) is 18.9 Å². The zero-order valence-corrected chi connectivity index (χ0v) is 14.7. The Labute approximate surface area is 146 Å². The van der Waals surface area contributed by atoms with Gasteiger partial charge in [-0.3, -0.25) is 0 Å². The first kappa shape index (κ1) is 15.6. The standard InChI is InChI=1S/C19H23NO5/c1-20(2)13-10-11-4-5-12(22-3)16-14(11)15-17(25-16)19(23-8-9-24-19)7-6-18(13,15)21/h4-7,13,15,17,21H,8-10H2,1-3H3. The highest BCUT2D eigenvalue weighted by molar-refractivity contribution is 5.60. The van der Waals surface area contributed by atoms with Crippen LogP contribution in [0.3, 0.4) is 0 Å². The van der Waals surface area contributed by atoms with Crippen molar-refractivity contribution in [3.8, 4) is 11.5 Å². The summed E-state index contributed by atoms with van der Waals surface area (Å²) in [5.41, 5.74) is 1.18. The van der Waals surface area contributed by atoms with Gasteiger partial charge in [-0.1, -0.05) is 6.07 Å². The summed E-state index contributed by atoms with van der Waals surface area (Å²) in [6, 6.07) is 3.98. The van der Waals surface area contributed by atoms with Gasteiger partial charge in [0.1, 0.15) is 5.60 Å². The number of rotatable bonds is 2. The molecular formula is C19H23NO5. The van der Waals surface area contributed by atoms with Crippen molar-refractivity contribution in [3.05, 3.63) is 35.4 Å². The summed E-state index contributed by atoms with van der Waals surface area (Å²) in [5, 5.41) is 11.7. The van der Waals surface area contributed by atoms with E-state index in [0.29, 0.717) is 24.7 Å². The number of hydrogen-bond donors (Lipinski definition) is 1. The van der Waals surface area contributed by atoms with Gasteiger partial charge < -0.3 is 29.0 Å². The van der Waals surface area contributed by atoms with Crippen molar-refractivity contribution in [2.45, 2.75) is 35.9 Å².